The summed E-state index contributed by atoms with van der Waals surface area (Å²) in [6.45, 7) is 5.16. The molecule has 7 heteroatoms. The van der Waals surface area contributed by atoms with E-state index in [1.54, 1.807) is 15.7 Å². The summed E-state index contributed by atoms with van der Waals surface area (Å²) in [6.07, 6.45) is 8.19. The van der Waals surface area contributed by atoms with Crippen LogP contribution in [0.3, 0.4) is 0 Å². The van der Waals surface area contributed by atoms with E-state index in [0.717, 1.165) is 32.4 Å². The Morgan fingerprint density at radius 2 is 1.62 bits per heavy atom. The van der Waals surface area contributed by atoms with E-state index in [9.17, 15) is 8.42 Å². The van der Waals surface area contributed by atoms with Gasteiger partial charge in [0.05, 0.1) is 6.61 Å². The van der Waals surface area contributed by atoms with Gasteiger partial charge in [-0.1, -0.05) is 12.8 Å². The molecule has 3 rings (SSSR count). The summed E-state index contributed by atoms with van der Waals surface area (Å²) in [7, 11) is -1.63. The van der Waals surface area contributed by atoms with Crippen LogP contribution in [-0.2, 0) is 14.9 Å². The minimum atomic E-state index is -3.32. The SMILES string of the molecule is COCC1CCCN(S(=O)(=O)N2CCCN(C3CCCC3)CC2)C1. The maximum Gasteiger partial charge on any atom is 0.282 e. The molecule has 1 atom stereocenters. The van der Waals surface area contributed by atoms with Gasteiger partial charge in [-0.25, -0.2) is 0 Å². The van der Waals surface area contributed by atoms with Gasteiger partial charge >= 0.3 is 0 Å². The van der Waals surface area contributed by atoms with E-state index in [1.165, 1.54) is 25.7 Å². The molecule has 0 aromatic carbocycles. The van der Waals surface area contributed by atoms with Gasteiger partial charge in [-0.2, -0.15) is 17.0 Å². The Morgan fingerprint density at radius 3 is 2.38 bits per heavy atom. The van der Waals surface area contributed by atoms with E-state index < -0.39 is 10.2 Å². The highest BCUT2D eigenvalue weighted by Crippen LogP contribution is 2.26. The lowest BCUT2D eigenvalue weighted by Gasteiger charge is -2.35. The van der Waals surface area contributed by atoms with Crippen LogP contribution in [0.25, 0.3) is 0 Å². The van der Waals surface area contributed by atoms with Gasteiger partial charge in [-0.05, 0) is 44.6 Å². The summed E-state index contributed by atoms with van der Waals surface area (Å²) in [5.41, 5.74) is 0. The molecule has 140 valence electrons. The first-order valence-corrected chi connectivity index (χ1v) is 11.0. The summed E-state index contributed by atoms with van der Waals surface area (Å²) in [6, 6.07) is 0.689. The van der Waals surface area contributed by atoms with E-state index in [1.807, 2.05) is 0 Å². The maximum absolute atomic E-state index is 13.1. The quantitative estimate of drug-likeness (QED) is 0.747. The smallest absolute Gasteiger partial charge is 0.282 e. The molecule has 3 aliphatic rings. The second-order valence-corrected chi connectivity index (χ2v) is 9.48. The van der Waals surface area contributed by atoms with Gasteiger partial charge in [-0.15, -0.1) is 0 Å². The Balaban J connectivity index is 1.59. The fraction of sp³-hybridized carbons (Fsp3) is 1.00. The van der Waals surface area contributed by atoms with Crippen molar-refractivity contribution in [1.82, 2.24) is 13.5 Å². The number of methoxy groups -OCH3 is 1. The lowest BCUT2D eigenvalue weighted by Crippen LogP contribution is -2.49. The predicted molar refractivity (Wildman–Crippen MR) is 95.1 cm³/mol. The Hall–Kier alpha value is -0.210. The molecule has 3 fully saturated rings. The normalized spacial score (nSPS) is 29.8. The van der Waals surface area contributed by atoms with Crippen LogP contribution in [0.4, 0.5) is 0 Å². The average Bonchev–Trinajstić information content (AvgIpc) is 2.99. The van der Waals surface area contributed by atoms with Crippen LogP contribution in [0.1, 0.15) is 44.9 Å². The van der Waals surface area contributed by atoms with E-state index in [-0.39, 0.29) is 0 Å². The zero-order valence-electron chi connectivity index (χ0n) is 15.0. The first-order valence-electron chi connectivity index (χ1n) is 9.59. The summed E-state index contributed by atoms with van der Waals surface area (Å²) in [5, 5.41) is 0. The number of piperidine rings is 1. The molecule has 0 bridgehead atoms. The van der Waals surface area contributed by atoms with E-state index >= 15 is 0 Å². The number of hydrogen-bond donors (Lipinski definition) is 0. The molecule has 1 aliphatic carbocycles. The molecule has 0 aromatic heterocycles. The van der Waals surface area contributed by atoms with Crippen LogP contribution < -0.4 is 0 Å². The van der Waals surface area contributed by atoms with Crippen molar-refractivity contribution in [2.24, 2.45) is 5.92 Å². The lowest BCUT2D eigenvalue weighted by atomic mass is 10.0. The van der Waals surface area contributed by atoms with Crippen molar-refractivity contribution in [2.45, 2.75) is 51.0 Å². The van der Waals surface area contributed by atoms with Gasteiger partial charge < -0.3 is 4.74 Å². The van der Waals surface area contributed by atoms with Crippen LogP contribution in [0.15, 0.2) is 0 Å². The van der Waals surface area contributed by atoms with Crippen molar-refractivity contribution in [1.29, 1.82) is 0 Å². The molecule has 0 amide bonds. The fourth-order valence-electron chi connectivity index (χ4n) is 4.55. The molecule has 2 saturated heterocycles. The van der Waals surface area contributed by atoms with Crippen molar-refractivity contribution in [3.8, 4) is 0 Å². The second-order valence-electron chi connectivity index (χ2n) is 7.56. The molecule has 0 N–H and O–H groups in total. The van der Waals surface area contributed by atoms with Gasteiger partial charge in [0, 0.05) is 45.9 Å². The van der Waals surface area contributed by atoms with E-state index in [2.05, 4.69) is 4.90 Å². The average molecular weight is 360 g/mol. The first-order chi connectivity index (χ1) is 11.6. The van der Waals surface area contributed by atoms with Crippen LogP contribution in [0, 0.1) is 5.92 Å². The van der Waals surface area contributed by atoms with Gasteiger partial charge in [-0.3, -0.25) is 4.90 Å². The molecule has 2 heterocycles. The molecule has 1 unspecified atom stereocenters. The third-order valence-corrected chi connectivity index (χ3v) is 7.87. The van der Waals surface area contributed by atoms with Crippen LogP contribution >= 0.6 is 0 Å². The monoisotopic (exact) mass is 359 g/mol. The van der Waals surface area contributed by atoms with E-state index in [4.69, 9.17) is 4.74 Å². The lowest BCUT2D eigenvalue weighted by molar-refractivity contribution is 0.116. The van der Waals surface area contributed by atoms with Gasteiger partial charge in [0.2, 0.25) is 0 Å². The van der Waals surface area contributed by atoms with Crippen molar-refractivity contribution < 1.29 is 13.2 Å². The van der Waals surface area contributed by atoms with Crippen LogP contribution in [0.2, 0.25) is 0 Å². The molecule has 0 radical (unpaired) electrons. The van der Waals surface area contributed by atoms with Crippen molar-refractivity contribution in [3.05, 3.63) is 0 Å². The Morgan fingerprint density at radius 1 is 0.875 bits per heavy atom. The molecule has 1 saturated carbocycles. The summed E-state index contributed by atoms with van der Waals surface area (Å²) in [4.78, 5) is 2.53. The third-order valence-electron chi connectivity index (χ3n) is 5.87. The Labute approximate surface area is 147 Å². The first kappa shape index (κ1) is 18.6. The fourth-order valence-corrected chi connectivity index (χ4v) is 6.31. The minimum Gasteiger partial charge on any atom is -0.384 e. The molecule has 0 spiro atoms. The van der Waals surface area contributed by atoms with Gasteiger partial charge in [0.1, 0.15) is 0 Å². The Kier molecular flexibility index (Phi) is 6.54. The summed E-state index contributed by atoms with van der Waals surface area (Å²) in [5.74, 6) is 0.334. The summed E-state index contributed by atoms with van der Waals surface area (Å²) < 4.78 is 34.8. The van der Waals surface area contributed by atoms with Crippen LogP contribution in [-0.4, -0.2) is 81.0 Å². The highest BCUT2D eigenvalue weighted by Gasteiger charge is 2.35. The van der Waals surface area contributed by atoms with Gasteiger partial charge in [0.15, 0.2) is 0 Å². The highest BCUT2D eigenvalue weighted by molar-refractivity contribution is 7.86. The zero-order chi connectivity index (χ0) is 17.0. The number of ether oxygens (including phenoxy) is 1. The van der Waals surface area contributed by atoms with E-state index in [0.29, 0.717) is 44.7 Å². The summed E-state index contributed by atoms with van der Waals surface area (Å²) >= 11 is 0. The topological polar surface area (TPSA) is 53.1 Å². The van der Waals surface area contributed by atoms with Crippen molar-refractivity contribution >= 4 is 10.2 Å². The molecular formula is C17H33N3O3S. The minimum absolute atomic E-state index is 0.334. The largest absolute Gasteiger partial charge is 0.384 e. The molecule has 0 aromatic rings. The number of hydrogen-bond acceptors (Lipinski definition) is 4. The number of rotatable bonds is 5. The van der Waals surface area contributed by atoms with Crippen molar-refractivity contribution in [3.63, 3.8) is 0 Å². The zero-order valence-corrected chi connectivity index (χ0v) is 15.8. The molecule has 24 heavy (non-hydrogen) atoms. The standard InChI is InChI=1S/C17H33N3O3S/c1-23-15-16-6-4-10-20(14-16)24(21,22)19-11-5-9-18(12-13-19)17-7-2-3-8-17/h16-17H,2-15H2,1H3. The third kappa shape index (κ3) is 4.30. The number of nitrogens with zero attached hydrogens (tertiary/aromatic N) is 3. The predicted octanol–water partition coefficient (Wildman–Crippen LogP) is 1.54. The molecule has 6 nitrogen and oxygen atoms in total. The maximum atomic E-state index is 13.1. The Bertz CT molecular complexity index is 491. The molecular weight excluding hydrogens is 326 g/mol. The van der Waals surface area contributed by atoms with Crippen LogP contribution in [0.5, 0.6) is 0 Å². The van der Waals surface area contributed by atoms with Crippen molar-refractivity contribution in [2.75, 3.05) is 53.0 Å². The molecule has 2 aliphatic heterocycles. The van der Waals surface area contributed by atoms with Gasteiger partial charge in [0.25, 0.3) is 10.2 Å². The second kappa shape index (κ2) is 8.45. The highest BCUT2D eigenvalue weighted by atomic mass is 32.2.